The number of hydrogen-bond acceptors (Lipinski definition) is 8. The number of amides is 1. The zero-order valence-corrected chi connectivity index (χ0v) is 26.9. The molecule has 0 aliphatic carbocycles. The first-order valence-corrected chi connectivity index (χ1v) is 17.0. The molecular weight excluding hydrogens is 628 g/mol. The molecule has 2 aromatic heterocycles. The molecule has 13 heteroatoms. The number of aromatic amines is 1. The van der Waals surface area contributed by atoms with Crippen LogP contribution >= 0.6 is 11.6 Å². The highest BCUT2D eigenvalue weighted by molar-refractivity contribution is 6.33. The van der Waals surface area contributed by atoms with E-state index in [0.717, 1.165) is 30.3 Å². The number of carbonyl (C=O) groups excluding carboxylic acids is 1. The Morgan fingerprint density at radius 2 is 2.02 bits per heavy atom. The first-order chi connectivity index (χ1) is 22.9. The maximum Gasteiger partial charge on any atom is 0.319 e. The molecule has 3 atom stereocenters. The van der Waals surface area contributed by atoms with Gasteiger partial charge in [0.05, 0.1) is 30.5 Å². The van der Waals surface area contributed by atoms with Crippen molar-refractivity contribution in [3.63, 3.8) is 0 Å². The number of nitrogens with one attached hydrogen (secondary N) is 2. The molecular formula is C34H38ClF2N7O3. The number of anilines is 1. The third kappa shape index (κ3) is 5.67. The normalized spacial score (nSPS) is 25.6. The molecule has 3 saturated heterocycles. The van der Waals surface area contributed by atoms with Gasteiger partial charge in [0.2, 0.25) is 5.91 Å². The summed E-state index contributed by atoms with van der Waals surface area (Å²) >= 11 is 6.85. The molecule has 2 N–H and O–H groups in total. The predicted octanol–water partition coefficient (Wildman–Crippen LogP) is 5.22. The van der Waals surface area contributed by atoms with Crippen LogP contribution in [0.2, 0.25) is 5.02 Å². The van der Waals surface area contributed by atoms with Crippen LogP contribution in [0.15, 0.2) is 24.4 Å². The summed E-state index contributed by atoms with van der Waals surface area (Å²) in [5.41, 5.74) is 2.23. The molecule has 0 spiro atoms. The number of rotatable bonds is 3. The number of carbonyl (C=O) groups is 1. The molecule has 47 heavy (non-hydrogen) atoms. The van der Waals surface area contributed by atoms with Gasteiger partial charge in [0.1, 0.15) is 24.1 Å². The van der Waals surface area contributed by atoms with Gasteiger partial charge in [-0.15, -0.1) is 0 Å². The largest absolute Gasteiger partial charge is 0.461 e. The molecule has 7 heterocycles. The van der Waals surface area contributed by atoms with Gasteiger partial charge in [-0.05, 0) is 56.3 Å². The first kappa shape index (κ1) is 30.7. The maximum absolute atomic E-state index is 17.1. The SMILES string of the molecule is O=C1CCCCc2c(Cl)cc3[nH]ncc3c2-c2ccc3c(nc(OCC45CCCN4CC(F)C5)nc3c2F)N2CCOCC(CN1)C2. The average molecular weight is 666 g/mol. The zero-order chi connectivity index (χ0) is 32.1. The standard InChI is InChI=1S/C34H38ClF2N7O3/c35-26-12-27-25(15-39-42-27)29-22(26)4-1-2-5-28(45)38-14-20-16-43(10-11-46-18-20)32-24-7-6-23(29)30(37)31(24)40-33(41-32)47-19-34-8-3-9-44(34)17-21(36)13-34/h6-7,12,15,20-21H,1-5,8-11,13-14,16-19H2,(H,38,45)(H,39,42). The van der Waals surface area contributed by atoms with Crippen LogP contribution in [0.4, 0.5) is 14.6 Å². The molecule has 4 aromatic rings. The molecule has 3 unspecified atom stereocenters. The van der Waals surface area contributed by atoms with Gasteiger partial charge < -0.3 is 19.7 Å². The van der Waals surface area contributed by atoms with Gasteiger partial charge in [0.25, 0.3) is 0 Å². The molecule has 0 radical (unpaired) electrons. The molecule has 6 bridgehead atoms. The Kier molecular flexibility index (Phi) is 8.13. The minimum absolute atomic E-state index is 0.000939. The van der Waals surface area contributed by atoms with E-state index in [2.05, 4.69) is 25.3 Å². The van der Waals surface area contributed by atoms with Crippen molar-refractivity contribution in [1.82, 2.24) is 30.4 Å². The van der Waals surface area contributed by atoms with E-state index in [9.17, 15) is 9.18 Å². The number of halogens is 3. The van der Waals surface area contributed by atoms with E-state index in [1.54, 1.807) is 12.3 Å². The van der Waals surface area contributed by atoms with E-state index in [-0.39, 0.29) is 30.0 Å². The van der Waals surface area contributed by atoms with Crippen LogP contribution in [0, 0.1) is 11.7 Å². The molecule has 9 rings (SSSR count). The van der Waals surface area contributed by atoms with Crippen molar-refractivity contribution in [2.45, 2.75) is 56.7 Å². The minimum atomic E-state index is -0.899. The van der Waals surface area contributed by atoms with Crippen molar-refractivity contribution < 1.29 is 23.0 Å². The summed E-state index contributed by atoms with van der Waals surface area (Å²) in [4.78, 5) is 26.6. The molecule has 10 nitrogen and oxygen atoms in total. The molecule has 2 aromatic carbocycles. The van der Waals surface area contributed by atoms with Crippen LogP contribution in [0.3, 0.4) is 0 Å². The summed E-state index contributed by atoms with van der Waals surface area (Å²) in [6, 6.07) is 5.52. The van der Waals surface area contributed by atoms with Crippen molar-refractivity contribution in [2.24, 2.45) is 5.92 Å². The number of benzene rings is 2. The molecule has 0 saturated carbocycles. The minimum Gasteiger partial charge on any atom is -0.461 e. The monoisotopic (exact) mass is 665 g/mol. The highest BCUT2D eigenvalue weighted by atomic mass is 35.5. The number of fused-ring (bicyclic) bond motifs is 9. The molecule has 248 valence electrons. The lowest BCUT2D eigenvalue weighted by atomic mass is 9.91. The van der Waals surface area contributed by atoms with E-state index in [1.165, 1.54) is 0 Å². The maximum atomic E-state index is 17.1. The van der Waals surface area contributed by atoms with Crippen LogP contribution in [0.25, 0.3) is 32.9 Å². The summed E-state index contributed by atoms with van der Waals surface area (Å²) in [7, 11) is 0. The third-order valence-electron chi connectivity index (χ3n) is 10.4. The van der Waals surface area contributed by atoms with Gasteiger partial charge in [0.15, 0.2) is 5.82 Å². The Morgan fingerprint density at radius 1 is 1.13 bits per heavy atom. The number of H-pyrrole nitrogens is 1. The van der Waals surface area contributed by atoms with Crippen molar-refractivity contribution >= 4 is 45.1 Å². The van der Waals surface area contributed by atoms with Crippen LogP contribution in [0.1, 0.15) is 44.1 Å². The van der Waals surface area contributed by atoms with Gasteiger partial charge in [-0.25, -0.2) is 8.78 Å². The summed E-state index contributed by atoms with van der Waals surface area (Å²) in [6.07, 6.45) is 5.31. The Labute approximate surface area is 276 Å². The highest BCUT2D eigenvalue weighted by Gasteiger charge is 2.49. The summed E-state index contributed by atoms with van der Waals surface area (Å²) in [5.74, 6) is 0.0230. The Morgan fingerprint density at radius 3 is 2.94 bits per heavy atom. The van der Waals surface area contributed by atoms with Gasteiger partial charge in [0, 0.05) is 71.9 Å². The second-order valence-corrected chi connectivity index (χ2v) is 13.9. The lowest BCUT2D eigenvalue weighted by molar-refractivity contribution is -0.121. The fourth-order valence-electron chi connectivity index (χ4n) is 8.06. The van der Waals surface area contributed by atoms with Crippen LogP contribution in [-0.4, -0.2) is 95.2 Å². The van der Waals surface area contributed by atoms with Gasteiger partial charge in [-0.2, -0.15) is 15.1 Å². The number of hydrogen-bond donors (Lipinski definition) is 2. The topological polar surface area (TPSA) is 108 Å². The number of ether oxygens (including phenoxy) is 2. The Bertz CT molecular complexity index is 1840. The summed E-state index contributed by atoms with van der Waals surface area (Å²) in [6.45, 7) is 3.93. The highest BCUT2D eigenvalue weighted by Crippen LogP contribution is 2.43. The zero-order valence-electron chi connectivity index (χ0n) is 26.2. The van der Waals surface area contributed by atoms with E-state index < -0.39 is 17.5 Å². The lowest BCUT2D eigenvalue weighted by Crippen LogP contribution is -2.43. The summed E-state index contributed by atoms with van der Waals surface area (Å²) < 4.78 is 43.9. The lowest BCUT2D eigenvalue weighted by Gasteiger charge is -2.31. The first-order valence-electron chi connectivity index (χ1n) is 16.6. The van der Waals surface area contributed by atoms with Gasteiger partial charge >= 0.3 is 6.01 Å². The second kappa shape index (κ2) is 12.4. The number of nitrogens with zero attached hydrogens (tertiary/aromatic N) is 5. The van der Waals surface area contributed by atoms with Gasteiger partial charge in [-0.3, -0.25) is 14.8 Å². The van der Waals surface area contributed by atoms with Crippen molar-refractivity contribution in [2.75, 3.05) is 57.4 Å². The van der Waals surface area contributed by atoms with Crippen LogP contribution in [0.5, 0.6) is 6.01 Å². The van der Waals surface area contributed by atoms with Gasteiger partial charge in [-0.1, -0.05) is 17.7 Å². The molecule has 5 aliphatic rings. The van der Waals surface area contributed by atoms with Crippen molar-refractivity contribution in [3.05, 3.63) is 40.8 Å². The van der Waals surface area contributed by atoms with E-state index in [1.807, 2.05) is 12.1 Å². The third-order valence-corrected chi connectivity index (χ3v) is 10.7. The average Bonchev–Trinajstić information content (AvgIpc) is 3.70. The van der Waals surface area contributed by atoms with Crippen molar-refractivity contribution in [1.29, 1.82) is 0 Å². The quantitative estimate of drug-likeness (QED) is 0.307. The Hall–Kier alpha value is -3.61. The van der Waals surface area contributed by atoms with E-state index in [4.69, 9.17) is 31.0 Å². The van der Waals surface area contributed by atoms with E-state index in [0.29, 0.717) is 104 Å². The summed E-state index contributed by atoms with van der Waals surface area (Å²) in [5, 5.41) is 12.1. The van der Waals surface area contributed by atoms with E-state index >= 15 is 4.39 Å². The molecule has 1 amide bonds. The number of alkyl halides is 1. The smallest absolute Gasteiger partial charge is 0.319 e. The fraction of sp³-hybridized carbons (Fsp3) is 0.529. The van der Waals surface area contributed by atoms with Crippen molar-refractivity contribution in [3.8, 4) is 17.1 Å². The van der Waals surface area contributed by atoms with Crippen LogP contribution in [-0.2, 0) is 16.0 Å². The fourth-order valence-corrected chi connectivity index (χ4v) is 8.35. The molecule has 5 aliphatic heterocycles. The number of aromatic nitrogens is 4. The van der Waals surface area contributed by atoms with Crippen LogP contribution < -0.4 is 15.0 Å². The predicted molar refractivity (Wildman–Crippen MR) is 175 cm³/mol. The second-order valence-electron chi connectivity index (χ2n) is 13.5. The molecule has 3 fully saturated rings. The Balaban J connectivity index is 1.29.